The molecule has 0 aliphatic carbocycles. The van der Waals surface area contributed by atoms with Gasteiger partial charge in [-0.1, -0.05) is 35.5 Å². The van der Waals surface area contributed by atoms with Gasteiger partial charge in [-0.05, 0) is 49.5 Å². The first-order chi connectivity index (χ1) is 15.5. The third kappa shape index (κ3) is 6.55. The molecule has 0 aromatic heterocycles. The van der Waals surface area contributed by atoms with Crippen molar-refractivity contribution in [2.45, 2.75) is 25.0 Å². The van der Waals surface area contributed by atoms with Gasteiger partial charge in [-0.3, -0.25) is 9.59 Å². The minimum atomic E-state index is -0.778. The van der Waals surface area contributed by atoms with Crippen LogP contribution >= 0.6 is 0 Å². The Morgan fingerprint density at radius 3 is 2.53 bits per heavy atom. The number of likely N-dealkylation sites (N-methyl/N-ethyl adjacent to an activating group) is 1. The van der Waals surface area contributed by atoms with Gasteiger partial charge in [0.05, 0.1) is 12.8 Å². The highest BCUT2D eigenvalue weighted by molar-refractivity contribution is 6.04. The maximum absolute atomic E-state index is 12.9. The van der Waals surface area contributed by atoms with E-state index in [2.05, 4.69) is 15.8 Å². The molecule has 0 saturated heterocycles. The lowest BCUT2D eigenvalue weighted by molar-refractivity contribution is -0.135. The second-order valence-corrected chi connectivity index (χ2v) is 7.91. The monoisotopic (exact) mass is 438 g/mol. The first-order valence-electron chi connectivity index (χ1n) is 10.6. The fraction of sp³-hybridized carbons (Fsp3) is 0.375. The van der Waals surface area contributed by atoms with Gasteiger partial charge in [-0.2, -0.15) is 0 Å². The van der Waals surface area contributed by atoms with Crippen LogP contribution in [0, 0.1) is 0 Å². The third-order valence-electron chi connectivity index (χ3n) is 5.16. The second-order valence-electron chi connectivity index (χ2n) is 7.91. The summed E-state index contributed by atoms with van der Waals surface area (Å²) >= 11 is 0. The fourth-order valence-electron chi connectivity index (χ4n) is 3.32. The molecule has 0 radical (unpaired) electrons. The Bertz CT molecular complexity index is 929. The molecule has 170 valence electrons. The zero-order valence-corrected chi connectivity index (χ0v) is 18.7. The molecule has 32 heavy (non-hydrogen) atoms. The molecule has 2 amide bonds. The molecular formula is C24H30N4O4. The molecule has 0 spiro atoms. The lowest BCUT2D eigenvalue weighted by Crippen LogP contribution is -2.51. The number of nitrogens with zero attached hydrogens (tertiary/aromatic N) is 2. The SMILES string of the molecule is COc1ccc(C2=NOC(C(=O)NC(Cc3ccccc3)C(=O)NCCN(C)C)C2)cc1. The van der Waals surface area contributed by atoms with E-state index in [-0.39, 0.29) is 11.8 Å². The van der Waals surface area contributed by atoms with Crippen molar-refractivity contribution in [2.24, 2.45) is 5.16 Å². The zero-order chi connectivity index (χ0) is 22.9. The minimum Gasteiger partial charge on any atom is -0.497 e. The maximum Gasteiger partial charge on any atom is 0.265 e. The van der Waals surface area contributed by atoms with Crippen LogP contribution in [0.15, 0.2) is 59.8 Å². The fourth-order valence-corrected chi connectivity index (χ4v) is 3.32. The highest BCUT2D eigenvalue weighted by Gasteiger charge is 2.32. The summed E-state index contributed by atoms with van der Waals surface area (Å²) in [6.45, 7) is 1.21. The first-order valence-corrected chi connectivity index (χ1v) is 10.6. The van der Waals surface area contributed by atoms with Crippen LogP contribution < -0.4 is 15.4 Å². The Morgan fingerprint density at radius 2 is 1.88 bits per heavy atom. The predicted octanol–water partition coefficient (Wildman–Crippen LogP) is 1.59. The molecular weight excluding hydrogens is 408 g/mol. The number of rotatable bonds is 10. The summed E-state index contributed by atoms with van der Waals surface area (Å²) in [5, 5.41) is 9.83. The topological polar surface area (TPSA) is 92.3 Å². The minimum absolute atomic E-state index is 0.224. The molecule has 1 heterocycles. The van der Waals surface area contributed by atoms with E-state index in [9.17, 15) is 9.59 Å². The van der Waals surface area contributed by atoms with E-state index in [4.69, 9.17) is 9.57 Å². The largest absolute Gasteiger partial charge is 0.497 e. The molecule has 2 unspecified atom stereocenters. The number of carbonyl (C=O) groups excluding carboxylic acids is 2. The molecule has 0 saturated carbocycles. The van der Waals surface area contributed by atoms with Crippen LogP contribution in [0.5, 0.6) is 5.75 Å². The van der Waals surface area contributed by atoms with Crippen molar-refractivity contribution in [1.82, 2.24) is 15.5 Å². The molecule has 2 atom stereocenters. The Labute approximate surface area is 188 Å². The van der Waals surface area contributed by atoms with Crippen LogP contribution in [0.1, 0.15) is 17.5 Å². The Balaban J connectivity index is 1.61. The summed E-state index contributed by atoms with van der Waals surface area (Å²) < 4.78 is 5.17. The van der Waals surface area contributed by atoms with Crippen LogP contribution in [-0.2, 0) is 20.8 Å². The Kier molecular flexibility index (Phi) is 8.21. The summed E-state index contributed by atoms with van der Waals surface area (Å²) in [7, 11) is 5.48. The van der Waals surface area contributed by atoms with Gasteiger partial charge in [-0.25, -0.2) is 0 Å². The van der Waals surface area contributed by atoms with Crippen LogP contribution in [0.3, 0.4) is 0 Å². The van der Waals surface area contributed by atoms with Gasteiger partial charge in [0.15, 0.2) is 0 Å². The van der Waals surface area contributed by atoms with Crippen molar-refractivity contribution in [3.05, 3.63) is 65.7 Å². The van der Waals surface area contributed by atoms with Crippen molar-refractivity contribution in [3.63, 3.8) is 0 Å². The summed E-state index contributed by atoms with van der Waals surface area (Å²) in [6.07, 6.45) is -0.0578. The lowest BCUT2D eigenvalue weighted by atomic mass is 10.0. The van der Waals surface area contributed by atoms with E-state index in [0.717, 1.165) is 16.9 Å². The van der Waals surface area contributed by atoms with Crippen molar-refractivity contribution in [2.75, 3.05) is 34.3 Å². The van der Waals surface area contributed by atoms with Crippen LogP contribution in [-0.4, -0.2) is 68.9 Å². The van der Waals surface area contributed by atoms with E-state index in [0.29, 0.717) is 31.6 Å². The van der Waals surface area contributed by atoms with E-state index in [1.165, 1.54) is 0 Å². The molecule has 0 bridgehead atoms. The molecule has 2 N–H and O–H groups in total. The average Bonchev–Trinajstić information content (AvgIpc) is 3.29. The Morgan fingerprint density at radius 1 is 1.16 bits per heavy atom. The number of benzene rings is 2. The van der Waals surface area contributed by atoms with E-state index in [1.54, 1.807) is 7.11 Å². The van der Waals surface area contributed by atoms with Crippen LogP contribution in [0.4, 0.5) is 0 Å². The van der Waals surface area contributed by atoms with Gasteiger partial charge in [0.25, 0.3) is 5.91 Å². The molecule has 2 aromatic rings. The molecule has 3 rings (SSSR count). The highest BCUT2D eigenvalue weighted by Crippen LogP contribution is 2.19. The molecule has 8 heteroatoms. The molecule has 0 fully saturated rings. The molecule has 1 aliphatic rings. The van der Waals surface area contributed by atoms with Gasteiger partial charge in [0.1, 0.15) is 11.8 Å². The maximum atomic E-state index is 12.9. The number of oxime groups is 1. The molecule has 1 aliphatic heterocycles. The zero-order valence-electron chi connectivity index (χ0n) is 18.7. The van der Waals surface area contributed by atoms with E-state index in [1.807, 2.05) is 73.6 Å². The number of ether oxygens (including phenoxy) is 1. The standard InChI is InChI=1S/C24H30N4O4/c1-28(2)14-13-25-23(29)21(15-17-7-5-4-6-8-17)26-24(30)22-16-20(27-32-22)18-9-11-19(31-3)12-10-18/h4-12,21-22H,13-16H2,1-3H3,(H,25,29)(H,26,30). The molecule has 2 aromatic carbocycles. The average molecular weight is 439 g/mol. The number of carbonyl (C=O) groups is 2. The number of methoxy groups -OCH3 is 1. The summed E-state index contributed by atoms with van der Waals surface area (Å²) in [4.78, 5) is 33.1. The van der Waals surface area contributed by atoms with Gasteiger partial charge in [-0.15, -0.1) is 0 Å². The second kappa shape index (κ2) is 11.3. The Hall–Kier alpha value is -3.39. The summed E-state index contributed by atoms with van der Waals surface area (Å²) in [5.74, 6) is 0.158. The number of hydrogen-bond acceptors (Lipinski definition) is 6. The predicted molar refractivity (Wildman–Crippen MR) is 123 cm³/mol. The van der Waals surface area contributed by atoms with Crippen LogP contribution in [0.25, 0.3) is 0 Å². The van der Waals surface area contributed by atoms with Crippen molar-refractivity contribution in [3.8, 4) is 5.75 Å². The number of nitrogens with one attached hydrogen (secondary N) is 2. The van der Waals surface area contributed by atoms with E-state index < -0.39 is 12.1 Å². The number of amides is 2. The summed E-state index contributed by atoms with van der Waals surface area (Å²) in [6, 6.07) is 16.3. The van der Waals surface area contributed by atoms with Gasteiger partial charge < -0.3 is 25.1 Å². The van der Waals surface area contributed by atoms with E-state index >= 15 is 0 Å². The van der Waals surface area contributed by atoms with Gasteiger partial charge >= 0.3 is 0 Å². The highest BCUT2D eigenvalue weighted by atomic mass is 16.6. The quantitative estimate of drug-likeness (QED) is 0.588. The smallest absolute Gasteiger partial charge is 0.265 e. The molecule has 8 nitrogen and oxygen atoms in total. The van der Waals surface area contributed by atoms with Crippen molar-refractivity contribution >= 4 is 17.5 Å². The van der Waals surface area contributed by atoms with Crippen molar-refractivity contribution < 1.29 is 19.2 Å². The number of hydrogen-bond donors (Lipinski definition) is 2. The van der Waals surface area contributed by atoms with Gasteiger partial charge in [0.2, 0.25) is 12.0 Å². The van der Waals surface area contributed by atoms with Gasteiger partial charge in [0, 0.05) is 25.9 Å². The first kappa shape index (κ1) is 23.3. The lowest BCUT2D eigenvalue weighted by Gasteiger charge is -2.20. The van der Waals surface area contributed by atoms with Crippen LogP contribution in [0.2, 0.25) is 0 Å². The third-order valence-corrected chi connectivity index (χ3v) is 5.16. The summed E-state index contributed by atoms with van der Waals surface area (Å²) in [5.41, 5.74) is 2.51. The normalized spacial score (nSPS) is 16.1. The van der Waals surface area contributed by atoms with Crippen molar-refractivity contribution in [1.29, 1.82) is 0 Å².